The summed E-state index contributed by atoms with van der Waals surface area (Å²) in [5, 5.41) is 7.87. The highest BCUT2D eigenvalue weighted by Gasteiger charge is 2.22. The number of nitrogens with zero attached hydrogens (tertiary/aromatic N) is 2. The third-order valence-electron chi connectivity index (χ3n) is 13.8. The molecule has 0 saturated carbocycles. The lowest BCUT2D eigenvalue weighted by Crippen LogP contribution is -2.12. The van der Waals surface area contributed by atoms with Crippen molar-refractivity contribution in [3.8, 4) is 39.1 Å². The van der Waals surface area contributed by atoms with E-state index in [0.717, 1.165) is 29.9 Å². The molecule has 12 aromatic rings. The molecule has 2 nitrogen and oxygen atoms in total. The monoisotopic (exact) mass is 840 g/mol. The number of hydrogen-bond acceptors (Lipinski definition) is 1. The maximum absolute atomic E-state index is 2.46. The molecule has 0 amide bonds. The average Bonchev–Trinajstić information content (AvgIpc) is 3.71. The van der Waals surface area contributed by atoms with Crippen LogP contribution in [-0.2, 0) is 12.8 Å². The van der Waals surface area contributed by atoms with Crippen LogP contribution in [0.15, 0.2) is 243 Å². The molecule has 0 bridgehead atoms. The van der Waals surface area contributed by atoms with E-state index >= 15 is 0 Å². The number of anilines is 3. The lowest BCUT2D eigenvalue weighted by Gasteiger charge is -2.29. The third-order valence-corrected chi connectivity index (χ3v) is 13.8. The minimum atomic E-state index is 0.892. The van der Waals surface area contributed by atoms with Crippen molar-refractivity contribution in [2.45, 2.75) is 12.8 Å². The van der Waals surface area contributed by atoms with Crippen LogP contribution in [0.3, 0.4) is 0 Å². The van der Waals surface area contributed by atoms with Gasteiger partial charge in [0, 0.05) is 33.2 Å². The zero-order valence-electron chi connectivity index (χ0n) is 36.4. The molecule has 1 aliphatic carbocycles. The molecule has 0 atom stereocenters. The predicted octanol–water partition coefficient (Wildman–Crippen LogP) is 17.1. The van der Waals surface area contributed by atoms with E-state index in [9.17, 15) is 0 Å². The van der Waals surface area contributed by atoms with E-state index < -0.39 is 0 Å². The van der Waals surface area contributed by atoms with Gasteiger partial charge < -0.3 is 9.47 Å². The molecule has 0 saturated heterocycles. The van der Waals surface area contributed by atoms with Crippen molar-refractivity contribution in [3.63, 3.8) is 0 Å². The maximum Gasteiger partial charge on any atom is 0.0541 e. The fraction of sp³-hybridized carbons (Fsp3) is 0.0312. The molecule has 0 aliphatic heterocycles. The Kier molecular flexibility index (Phi) is 9.02. The Hall–Kier alpha value is -8.46. The highest BCUT2D eigenvalue weighted by atomic mass is 15.1. The minimum absolute atomic E-state index is 0.892. The van der Waals surface area contributed by atoms with Gasteiger partial charge in [0.1, 0.15) is 0 Å². The second-order valence-electron chi connectivity index (χ2n) is 17.7. The molecule has 0 spiro atoms. The average molecular weight is 841 g/mol. The summed E-state index contributed by atoms with van der Waals surface area (Å²) in [4.78, 5) is 2.46. The van der Waals surface area contributed by atoms with Crippen LogP contribution in [0, 0.1) is 0 Å². The van der Waals surface area contributed by atoms with Crippen molar-refractivity contribution in [1.29, 1.82) is 0 Å². The van der Waals surface area contributed by atoms with Crippen molar-refractivity contribution in [2.75, 3.05) is 4.90 Å². The highest BCUT2D eigenvalue weighted by molar-refractivity contribution is 6.10. The SMILES string of the molecule is c1ccc(-c2ccc(N(c3cccc(-c4ccc(-n5c6ccccc6c6cc(-c7ccccc7)ccc65)cc4)c3)c3ccc4c5c(cccc35)Cc3cccc5cccc(c35)C4)cc2)cc1. The summed E-state index contributed by atoms with van der Waals surface area (Å²) in [6.45, 7) is 0. The second-order valence-corrected chi connectivity index (χ2v) is 17.7. The molecule has 1 aromatic heterocycles. The van der Waals surface area contributed by atoms with E-state index in [4.69, 9.17) is 0 Å². The predicted molar refractivity (Wildman–Crippen MR) is 279 cm³/mol. The van der Waals surface area contributed by atoms with Gasteiger partial charge in [-0.1, -0.05) is 182 Å². The zero-order valence-corrected chi connectivity index (χ0v) is 36.4. The Morgan fingerprint density at radius 3 is 1.56 bits per heavy atom. The molecule has 0 N–H and O–H groups in total. The molecule has 0 unspecified atom stereocenters. The van der Waals surface area contributed by atoms with Gasteiger partial charge in [-0.05, 0) is 145 Å². The van der Waals surface area contributed by atoms with Crippen LogP contribution in [0.1, 0.15) is 22.3 Å². The minimum Gasteiger partial charge on any atom is -0.310 e. The number of aromatic nitrogens is 1. The van der Waals surface area contributed by atoms with Gasteiger partial charge in [-0.3, -0.25) is 0 Å². The van der Waals surface area contributed by atoms with Gasteiger partial charge >= 0.3 is 0 Å². The van der Waals surface area contributed by atoms with Crippen LogP contribution >= 0.6 is 0 Å². The van der Waals surface area contributed by atoms with E-state index in [1.807, 2.05) is 0 Å². The van der Waals surface area contributed by atoms with Gasteiger partial charge in [-0.2, -0.15) is 0 Å². The van der Waals surface area contributed by atoms with Gasteiger partial charge in [-0.15, -0.1) is 0 Å². The van der Waals surface area contributed by atoms with E-state index in [2.05, 4.69) is 252 Å². The summed E-state index contributed by atoms with van der Waals surface area (Å²) in [5.74, 6) is 0. The Balaban J connectivity index is 0.922. The molecule has 13 rings (SSSR count). The van der Waals surface area contributed by atoms with Gasteiger partial charge in [-0.25, -0.2) is 0 Å². The van der Waals surface area contributed by atoms with Gasteiger partial charge in [0.2, 0.25) is 0 Å². The topological polar surface area (TPSA) is 8.17 Å². The first-order chi connectivity index (χ1) is 32.7. The molecule has 11 aromatic carbocycles. The van der Waals surface area contributed by atoms with Gasteiger partial charge in [0.15, 0.2) is 0 Å². The molecular formula is C64H44N2. The molecule has 310 valence electrons. The Labute approximate surface area is 384 Å². The molecule has 66 heavy (non-hydrogen) atoms. The van der Waals surface area contributed by atoms with E-state index in [1.165, 1.54) is 105 Å². The van der Waals surface area contributed by atoms with Crippen LogP contribution in [0.25, 0.3) is 82.4 Å². The summed E-state index contributed by atoms with van der Waals surface area (Å²) < 4.78 is 2.40. The fourth-order valence-corrected chi connectivity index (χ4v) is 10.8. The van der Waals surface area contributed by atoms with Crippen LogP contribution in [0.4, 0.5) is 17.1 Å². The summed E-state index contributed by atoms with van der Waals surface area (Å²) in [6.07, 6.45) is 1.78. The maximum atomic E-state index is 2.46. The van der Waals surface area contributed by atoms with Crippen molar-refractivity contribution in [3.05, 3.63) is 265 Å². The fourth-order valence-electron chi connectivity index (χ4n) is 10.8. The van der Waals surface area contributed by atoms with Crippen molar-refractivity contribution in [1.82, 2.24) is 4.57 Å². The van der Waals surface area contributed by atoms with Gasteiger partial charge in [0.25, 0.3) is 0 Å². The first kappa shape index (κ1) is 38.0. The number of benzene rings is 11. The Bertz CT molecular complexity index is 3740. The normalized spacial score (nSPS) is 12.1. The smallest absolute Gasteiger partial charge is 0.0541 e. The summed E-state index contributed by atoms with van der Waals surface area (Å²) in [6, 6.07) is 89.5. The third kappa shape index (κ3) is 6.41. The second kappa shape index (κ2) is 15.7. The largest absolute Gasteiger partial charge is 0.310 e. The number of hydrogen-bond donors (Lipinski definition) is 0. The molecule has 1 aliphatic rings. The molecule has 2 heteroatoms. The van der Waals surface area contributed by atoms with Crippen LogP contribution in [0.2, 0.25) is 0 Å². The highest BCUT2D eigenvalue weighted by Crippen LogP contribution is 2.44. The quantitative estimate of drug-likeness (QED) is 0.155. The van der Waals surface area contributed by atoms with E-state index in [1.54, 1.807) is 0 Å². The van der Waals surface area contributed by atoms with Crippen LogP contribution in [-0.4, -0.2) is 4.57 Å². The number of fused-ring (bicyclic) bond motifs is 3. The van der Waals surface area contributed by atoms with Crippen LogP contribution in [0.5, 0.6) is 0 Å². The lowest BCUT2D eigenvalue weighted by molar-refractivity contribution is 1.16. The Morgan fingerprint density at radius 2 is 0.818 bits per heavy atom. The van der Waals surface area contributed by atoms with Crippen molar-refractivity contribution >= 4 is 60.4 Å². The first-order valence-corrected chi connectivity index (χ1v) is 23.0. The summed E-state index contributed by atoms with van der Waals surface area (Å²) in [7, 11) is 0. The zero-order chi connectivity index (χ0) is 43.6. The first-order valence-electron chi connectivity index (χ1n) is 23.0. The van der Waals surface area contributed by atoms with Gasteiger partial charge in [0.05, 0.1) is 16.7 Å². The summed E-state index contributed by atoms with van der Waals surface area (Å²) in [5.41, 5.74) is 19.7. The van der Waals surface area contributed by atoms with E-state index in [0.29, 0.717) is 0 Å². The molecular weight excluding hydrogens is 797 g/mol. The van der Waals surface area contributed by atoms with Crippen molar-refractivity contribution < 1.29 is 0 Å². The van der Waals surface area contributed by atoms with E-state index in [-0.39, 0.29) is 0 Å². The summed E-state index contributed by atoms with van der Waals surface area (Å²) >= 11 is 0. The van der Waals surface area contributed by atoms with Crippen LogP contribution < -0.4 is 4.90 Å². The molecule has 0 radical (unpaired) electrons. The standard InChI is InChI=1S/C64H44N2/c1-3-13-43(14-4-1)45-27-33-54(34-28-45)65(61-38-32-53-40-51-21-10-18-47-17-9-20-50(63(47)51)39-52-22-12-25-58(61)64(52)53)56-23-11-19-48(41-56)46-29-35-55(36-30-46)66-60-26-8-7-24-57(60)59-42-49(31-37-62(59)66)44-15-5-2-6-16-44/h1-38,41-42H,39-40H2. The number of rotatable bonds is 7. The molecule has 0 fully saturated rings. The van der Waals surface area contributed by atoms with Crippen molar-refractivity contribution in [2.24, 2.45) is 0 Å². The number of para-hydroxylation sites is 1. The Morgan fingerprint density at radius 1 is 0.303 bits per heavy atom. The molecule has 1 heterocycles. The lowest BCUT2D eigenvalue weighted by atomic mass is 9.85.